The van der Waals surface area contributed by atoms with Crippen LogP contribution in [0.1, 0.15) is 30.4 Å². The van der Waals surface area contributed by atoms with Gasteiger partial charge in [-0.05, 0) is 53.8 Å². The van der Waals surface area contributed by atoms with Crippen molar-refractivity contribution in [3.63, 3.8) is 0 Å². The van der Waals surface area contributed by atoms with Crippen molar-refractivity contribution in [3.8, 4) is 0 Å². The van der Waals surface area contributed by atoms with Gasteiger partial charge in [0.1, 0.15) is 5.82 Å². The number of nitrogens with zero attached hydrogens (tertiary/aromatic N) is 2. The van der Waals surface area contributed by atoms with E-state index in [1.54, 1.807) is 6.20 Å². The zero-order chi connectivity index (χ0) is 18.6. The number of hydrogen-bond donors (Lipinski definition) is 1. The quantitative estimate of drug-likeness (QED) is 0.674. The largest absolute Gasteiger partial charge is 0.311 e. The van der Waals surface area contributed by atoms with Gasteiger partial charge in [0, 0.05) is 31.7 Å². The summed E-state index contributed by atoms with van der Waals surface area (Å²) >= 11 is 0. The normalized spacial score (nSPS) is 13.9. The Morgan fingerprint density at radius 1 is 1.15 bits per heavy atom. The van der Waals surface area contributed by atoms with E-state index in [-0.39, 0.29) is 5.91 Å². The SMILES string of the molecule is Cc1ccnc(NC(=O)CCN(Cc2cccc3ccccc23)C2CC2)c1. The molecule has 0 atom stereocenters. The molecule has 4 nitrogen and oxygen atoms in total. The lowest BCUT2D eigenvalue weighted by Crippen LogP contribution is -2.29. The van der Waals surface area contributed by atoms with Crippen LogP contribution in [0.3, 0.4) is 0 Å². The first-order valence-electron chi connectivity index (χ1n) is 9.62. The molecule has 1 heterocycles. The summed E-state index contributed by atoms with van der Waals surface area (Å²) in [6.45, 7) is 3.66. The van der Waals surface area contributed by atoms with Crippen LogP contribution in [0, 0.1) is 6.92 Å². The molecule has 1 N–H and O–H groups in total. The molecule has 0 aliphatic heterocycles. The number of carbonyl (C=O) groups is 1. The summed E-state index contributed by atoms with van der Waals surface area (Å²) in [5.74, 6) is 0.656. The number of amides is 1. The molecule has 0 saturated heterocycles. The first kappa shape index (κ1) is 17.7. The Morgan fingerprint density at radius 2 is 1.96 bits per heavy atom. The molecule has 0 unspecified atom stereocenters. The van der Waals surface area contributed by atoms with E-state index >= 15 is 0 Å². The number of aryl methyl sites for hydroxylation is 1. The van der Waals surface area contributed by atoms with Gasteiger partial charge in [-0.1, -0.05) is 42.5 Å². The van der Waals surface area contributed by atoms with Crippen LogP contribution in [0.5, 0.6) is 0 Å². The van der Waals surface area contributed by atoms with E-state index in [1.807, 2.05) is 19.1 Å². The van der Waals surface area contributed by atoms with Crippen LogP contribution in [0.15, 0.2) is 60.8 Å². The minimum absolute atomic E-state index is 0.0247. The number of hydrogen-bond acceptors (Lipinski definition) is 3. The summed E-state index contributed by atoms with van der Waals surface area (Å²) in [5, 5.41) is 5.49. The minimum Gasteiger partial charge on any atom is -0.311 e. The summed E-state index contributed by atoms with van der Waals surface area (Å²) in [5.41, 5.74) is 2.43. The summed E-state index contributed by atoms with van der Waals surface area (Å²) in [6.07, 6.45) is 4.66. The van der Waals surface area contributed by atoms with Gasteiger partial charge in [-0.15, -0.1) is 0 Å². The molecule has 0 bridgehead atoms. The van der Waals surface area contributed by atoms with Crippen molar-refractivity contribution < 1.29 is 4.79 Å². The molecule has 27 heavy (non-hydrogen) atoms. The number of benzene rings is 2. The molecule has 1 fully saturated rings. The van der Waals surface area contributed by atoms with Gasteiger partial charge >= 0.3 is 0 Å². The molecule has 1 aliphatic carbocycles. The third-order valence-electron chi connectivity index (χ3n) is 5.13. The second kappa shape index (κ2) is 7.89. The highest BCUT2D eigenvalue weighted by Gasteiger charge is 2.29. The Hall–Kier alpha value is -2.72. The molecule has 3 aromatic rings. The van der Waals surface area contributed by atoms with Crippen LogP contribution < -0.4 is 5.32 Å². The third-order valence-corrected chi connectivity index (χ3v) is 5.13. The smallest absolute Gasteiger partial charge is 0.226 e. The Bertz CT molecular complexity index is 944. The van der Waals surface area contributed by atoms with Gasteiger partial charge < -0.3 is 5.32 Å². The summed E-state index contributed by atoms with van der Waals surface area (Å²) < 4.78 is 0. The van der Waals surface area contributed by atoms with E-state index in [2.05, 4.69) is 57.7 Å². The van der Waals surface area contributed by atoms with Gasteiger partial charge in [-0.2, -0.15) is 0 Å². The number of pyridine rings is 1. The van der Waals surface area contributed by atoms with Crippen molar-refractivity contribution in [2.45, 2.75) is 38.8 Å². The number of nitrogens with one attached hydrogen (secondary N) is 1. The Balaban J connectivity index is 1.40. The molecular weight excluding hydrogens is 334 g/mol. The van der Waals surface area contributed by atoms with Gasteiger partial charge in [0.05, 0.1) is 0 Å². The van der Waals surface area contributed by atoms with Gasteiger partial charge in [-0.3, -0.25) is 9.69 Å². The summed E-state index contributed by atoms with van der Waals surface area (Å²) in [7, 11) is 0. The van der Waals surface area contributed by atoms with E-state index < -0.39 is 0 Å². The fraction of sp³-hybridized carbons (Fsp3) is 0.304. The standard InChI is InChI=1S/C23H25N3O/c1-17-11-13-24-22(15-17)25-23(27)12-14-26(20-9-10-20)16-19-7-4-6-18-5-2-3-8-21(18)19/h2-8,11,13,15,20H,9-10,12,14,16H2,1H3,(H,24,25,27). The maximum Gasteiger partial charge on any atom is 0.226 e. The van der Waals surface area contributed by atoms with Gasteiger partial charge in [0.25, 0.3) is 0 Å². The van der Waals surface area contributed by atoms with Crippen molar-refractivity contribution >= 4 is 22.5 Å². The molecule has 0 spiro atoms. The average Bonchev–Trinajstić information content (AvgIpc) is 3.50. The van der Waals surface area contributed by atoms with Crippen LogP contribution in [-0.2, 0) is 11.3 Å². The van der Waals surface area contributed by atoms with Crippen molar-refractivity contribution in [2.75, 3.05) is 11.9 Å². The van der Waals surface area contributed by atoms with Crippen LogP contribution >= 0.6 is 0 Å². The number of carbonyl (C=O) groups excluding carboxylic acids is 1. The zero-order valence-corrected chi connectivity index (χ0v) is 15.7. The van der Waals surface area contributed by atoms with E-state index in [4.69, 9.17) is 0 Å². The monoisotopic (exact) mass is 359 g/mol. The molecule has 1 aliphatic rings. The zero-order valence-electron chi connectivity index (χ0n) is 15.7. The van der Waals surface area contributed by atoms with Gasteiger partial charge in [0.15, 0.2) is 0 Å². The summed E-state index contributed by atoms with van der Waals surface area (Å²) in [4.78, 5) is 19.0. The third kappa shape index (κ3) is 4.52. The molecule has 2 aromatic carbocycles. The lowest BCUT2D eigenvalue weighted by Gasteiger charge is -2.22. The number of anilines is 1. The van der Waals surface area contributed by atoms with Crippen LogP contribution in [0.4, 0.5) is 5.82 Å². The molecular formula is C23H25N3O. The first-order valence-corrected chi connectivity index (χ1v) is 9.62. The molecule has 1 amide bonds. The maximum absolute atomic E-state index is 12.4. The van der Waals surface area contributed by atoms with Crippen molar-refractivity contribution in [1.29, 1.82) is 0 Å². The van der Waals surface area contributed by atoms with Crippen LogP contribution in [-0.4, -0.2) is 28.4 Å². The van der Waals surface area contributed by atoms with Crippen LogP contribution in [0.2, 0.25) is 0 Å². The Morgan fingerprint density at radius 3 is 2.78 bits per heavy atom. The predicted molar refractivity (Wildman–Crippen MR) is 110 cm³/mol. The van der Waals surface area contributed by atoms with Gasteiger partial charge in [0.2, 0.25) is 5.91 Å². The molecule has 4 heteroatoms. The van der Waals surface area contributed by atoms with E-state index in [9.17, 15) is 4.79 Å². The maximum atomic E-state index is 12.4. The molecule has 1 saturated carbocycles. The topological polar surface area (TPSA) is 45.2 Å². The Labute approximate surface area is 160 Å². The Kier molecular flexibility index (Phi) is 5.16. The van der Waals surface area contributed by atoms with E-state index in [0.717, 1.165) is 18.7 Å². The molecule has 1 aromatic heterocycles. The first-order chi connectivity index (χ1) is 13.2. The molecule has 138 valence electrons. The van der Waals surface area contributed by atoms with Crippen LogP contribution in [0.25, 0.3) is 10.8 Å². The molecule has 4 rings (SSSR count). The number of rotatable bonds is 7. The average molecular weight is 359 g/mol. The van der Waals surface area contributed by atoms with Crippen molar-refractivity contribution in [1.82, 2.24) is 9.88 Å². The second-order valence-electron chi connectivity index (χ2n) is 7.36. The minimum atomic E-state index is 0.0247. The van der Waals surface area contributed by atoms with E-state index in [0.29, 0.717) is 18.3 Å². The fourth-order valence-electron chi connectivity index (χ4n) is 3.53. The lowest BCUT2D eigenvalue weighted by atomic mass is 10.0. The molecule has 0 radical (unpaired) electrons. The van der Waals surface area contributed by atoms with E-state index in [1.165, 1.54) is 29.2 Å². The number of aromatic nitrogens is 1. The lowest BCUT2D eigenvalue weighted by molar-refractivity contribution is -0.116. The number of fused-ring (bicyclic) bond motifs is 1. The van der Waals surface area contributed by atoms with Gasteiger partial charge in [-0.25, -0.2) is 4.98 Å². The highest BCUT2D eigenvalue weighted by atomic mass is 16.1. The fourth-order valence-corrected chi connectivity index (χ4v) is 3.53. The highest BCUT2D eigenvalue weighted by Crippen LogP contribution is 2.30. The van der Waals surface area contributed by atoms with Crippen molar-refractivity contribution in [3.05, 3.63) is 71.9 Å². The predicted octanol–water partition coefficient (Wildman–Crippen LogP) is 4.54. The summed E-state index contributed by atoms with van der Waals surface area (Å²) in [6, 6.07) is 19.4. The highest BCUT2D eigenvalue weighted by molar-refractivity contribution is 5.90. The second-order valence-corrected chi connectivity index (χ2v) is 7.36. The van der Waals surface area contributed by atoms with Crippen molar-refractivity contribution in [2.24, 2.45) is 0 Å².